The summed E-state index contributed by atoms with van der Waals surface area (Å²) in [6.45, 7) is 9.73. The Labute approximate surface area is 126 Å². The molecule has 0 bridgehead atoms. The maximum absolute atomic E-state index is 9.81. The first-order chi connectivity index (χ1) is 9.36. The fourth-order valence-corrected chi connectivity index (χ4v) is 2.90. The van der Waals surface area contributed by atoms with Crippen LogP contribution in [0.2, 0.25) is 5.02 Å². The second-order valence-corrected chi connectivity index (χ2v) is 7.02. The minimum Gasteiger partial charge on any atom is -0.508 e. The van der Waals surface area contributed by atoms with E-state index in [1.165, 1.54) is 0 Å². The largest absolute Gasteiger partial charge is 0.508 e. The summed E-state index contributed by atoms with van der Waals surface area (Å²) in [6.07, 6.45) is 2.30. The first kappa shape index (κ1) is 15.6. The van der Waals surface area contributed by atoms with E-state index in [4.69, 9.17) is 11.6 Å². The monoisotopic (exact) mass is 296 g/mol. The Bertz CT molecular complexity index is 448. The molecule has 2 rings (SSSR count). The molecule has 0 aliphatic carbocycles. The van der Waals surface area contributed by atoms with Crippen LogP contribution in [-0.2, 0) is 6.54 Å². The van der Waals surface area contributed by atoms with E-state index in [0.29, 0.717) is 23.4 Å². The van der Waals surface area contributed by atoms with E-state index in [-0.39, 0.29) is 5.54 Å². The average Bonchev–Trinajstić information content (AvgIpc) is 2.39. The molecule has 2 N–H and O–H groups in total. The molecule has 0 saturated carbocycles. The van der Waals surface area contributed by atoms with Gasteiger partial charge in [0.15, 0.2) is 0 Å². The summed E-state index contributed by atoms with van der Waals surface area (Å²) in [7, 11) is 0. The number of hydrogen-bond donors (Lipinski definition) is 2. The van der Waals surface area contributed by atoms with Gasteiger partial charge in [0.25, 0.3) is 0 Å². The van der Waals surface area contributed by atoms with Crippen molar-refractivity contribution < 1.29 is 5.11 Å². The van der Waals surface area contributed by atoms with Crippen molar-refractivity contribution in [3.8, 4) is 5.75 Å². The van der Waals surface area contributed by atoms with Gasteiger partial charge in [-0.3, -0.25) is 4.90 Å². The van der Waals surface area contributed by atoms with Crippen molar-refractivity contribution in [3.63, 3.8) is 0 Å². The summed E-state index contributed by atoms with van der Waals surface area (Å²) in [5.41, 5.74) is 1.13. The lowest BCUT2D eigenvalue weighted by atomic mass is 9.98. The van der Waals surface area contributed by atoms with Crippen molar-refractivity contribution in [2.24, 2.45) is 0 Å². The molecule has 1 heterocycles. The van der Waals surface area contributed by atoms with E-state index < -0.39 is 0 Å². The van der Waals surface area contributed by atoms with Crippen molar-refractivity contribution in [1.29, 1.82) is 0 Å². The van der Waals surface area contributed by atoms with Crippen molar-refractivity contribution in [3.05, 3.63) is 28.8 Å². The van der Waals surface area contributed by atoms with E-state index in [2.05, 4.69) is 31.0 Å². The molecule has 0 atom stereocenters. The number of nitrogens with one attached hydrogen (secondary N) is 1. The minimum absolute atomic E-state index is 0.260. The smallest absolute Gasteiger partial charge is 0.120 e. The van der Waals surface area contributed by atoms with Crippen LogP contribution in [0.15, 0.2) is 18.2 Å². The second-order valence-electron chi connectivity index (χ2n) is 6.59. The third kappa shape index (κ3) is 4.11. The van der Waals surface area contributed by atoms with Crippen molar-refractivity contribution in [2.75, 3.05) is 13.1 Å². The Morgan fingerprint density at radius 2 is 1.95 bits per heavy atom. The van der Waals surface area contributed by atoms with Gasteiger partial charge in [0, 0.05) is 41.8 Å². The van der Waals surface area contributed by atoms with Crippen LogP contribution in [0.25, 0.3) is 0 Å². The number of nitrogens with zero attached hydrogens (tertiary/aromatic N) is 1. The van der Waals surface area contributed by atoms with Crippen molar-refractivity contribution >= 4 is 11.6 Å². The van der Waals surface area contributed by atoms with Gasteiger partial charge in [-0.1, -0.05) is 11.6 Å². The molecule has 1 fully saturated rings. The fourth-order valence-electron chi connectivity index (χ4n) is 2.70. The molecule has 0 radical (unpaired) electrons. The topological polar surface area (TPSA) is 35.5 Å². The molecule has 0 spiro atoms. The van der Waals surface area contributed by atoms with Crippen LogP contribution >= 0.6 is 11.6 Å². The first-order valence-corrected chi connectivity index (χ1v) is 7.70. The molecular weight excluding hydrogens is 272 g/mol. The molecule has 0 unspecified atom stereocenters. The van der Waals surface area contributed by atoms with Crippen LogP contribution < -0.4 is 5.32 Å². The van der Waals surface area contributed by atoms with E-state index in [0.717, 1.165) is 31.5 Å². The summed E-state index contributed by atoms with van der Waals surface area (Å²) >= 11 is 5.96. The molecule has 4 heteroatoms. The van der Waals surface area contributed by atoms with Crippen LogP contribution in [0.3, 0.4) is 0 Å². The summed E-state index contributed by atoms with van der Waals surface area (Å²) in [5, 5.41) is 14.0. The molecule has 1 aromatic carbocycles. The van der Waals surface area contributed by atoms with Gasteiger partial charge in [0.2, 0.25) is 0 Å². The molecule has 0 amide bonds. The summed E-state index contributed by atoms with van der Waals surface area (Å²) in [5.74, 6) is 0.314. The van der Waals surface area contributed by atoms with E-state index in [1.54, 1.807) is 12.1 Å². The third-order valence-electron chi connectivity index (χ3n) is 4.07. The van der Waals surface area contributed by atoms with Gasteiger partial charge in [-0.25, -0.2) is 0 Å². The maximum atomic E-state index is 9.81. The van der Waals surface area contributed by atoms with Crippen molar-refractivity contribution in [2.45, 2.75) is 51.7 Å². The quantitative estimate of drug-likeness (QED) is 0.897. The van der Waals surface area contributed by atoms with Gasteiger partial charge >= 0.3 is 0 Å². The highest BCUT2D eigenvalue weighted by Crippen LogP contribution is 2.23. The van der Waals surface area contributed by atoms with E-state index in [1.807, 2.05) is 6.07 Å². The number of rotatable bonds is 3. The third-order valence-corrected chi connectivity index (χ3v) is 4.30. The number of halogens is 1. The fraction of sp³-hybridized carbons (Fsp3) is 0.625. The lowest BCUT2D eigenvalue weighted by Crippen LogP contribution is -2.49. The molecule has 1 aromatic rings. The molecule has 0 aromatic heterocycles. The highest BCUT2D eigenvalue weighted by atomic mass is 35.5. The predicted octanol–water partition coefficient (Wildman–Crippen LogP) is 3.40. The molecule has 112 valence electrons. The number of benzene rings is 1. The zero-order valence-corrected chi connectivity index (χ0v) is 13.4. The molecule has 3 nitrogen and oxygen atoms in total. The van der Waals surface area contributed by atoms with Crippen LogP contribution in [0.5, 0.6) is 5.75 Å². The van der Waals surface area contributed by atoms with Crippen molar-refractivity contribution in [1.82, 2.24) is 10.2 Å². The SMILES string of the molecule is CC(C)(C)N1CCC(NCc2cc(Cl)ccc2O)CC1. The molecule has 1 aliphatic rings. The van der Waals surface area contributed by atoms with Crippen LogP contribution in [-0.4, -0.2) is 34.7 Å². The normalized spacial score (nSPS) is 18.4. The standard InChI is InChI=1S/C16H25ClN2O/c1-16(2,3)19-8-6-14(7-9-19)18-11-12-10-13(17)4-5-15(12)20/h4-5,10,14,18,20H,6-9,11H2,1-3H3. The molecule has 20 heavy (non-hydrogen) atoms. The van der Waals surface area contributed by atoms with Crippen LogP contribution in [0.4, 0.5) is 0 Å². The Kier molecular flexibility index (Phi) is 4.95. The van der Waals surface area contributed by atoms with E-state index >= 15 is 0 Å². The predicted molar refractivity (Wildman–Crippen MR) is 84.3 cm³/mol. The van der Waals surface area contributed by atoms with E-state index in [9.17, 15) is 5.11 Å². The number of likely N-dealkylation sites (tertiary alicyclic amines) is 1. The van der Waals surface area contributed by atoms with Gasteiger partial charge in [-0.05, 0) is 51.8 Å². The van der Waals surface area contributed by atoms with Gasteiger partial charge in [0.1, 0.15) is 5.75 Å². The first-order valence-electron chi connectivity index (χ1n) is 7.32. The molecule has 1 aliphatic heterocycles. The summed E-state index contributed by atoms with van der Waals surface area (Å²) < 4.78 is 0. The Balaban J connectivity index is 1.83. The molecular formula is C16H25ClN2O. The number of hydrogen-bond acceptors (Lipinski definition) is 3. The van der Waals surface area contributed by atoms with Gasteiger partial charge in [-0.2, -0.15) is 0 Å². The van der Waals surface area contributed by atoms with Gasteiger partial charge < -0.3 is 10.4 Å². The number of piperidine rings is 1. The Morgan fingerprint density at radius 1 is 1.30 bits per heavy atom. The lowest BCUT2D eigenvalue weighted by Gasteiger charge is -2.41. The Hall–Kier alpha value is -0.770. The van der Waals surface area contributed by atoms with Crippen LogP contribution in [0, 0.1) is 0 Å². The maximum Gasteiger partial charge on any atom is 0.120 e. The Morgan fingerprint density at radius 3 is 2.55 bits per heavy atom. The summed E-state index contributed by atoms with van der Waals surface area (Å²) in [6, 6.07) is 5.71. The molecule has 1 saturated heterocycles. The summed E-state index contributed by atoms with van der Waals surface area (Å²) in [4.78, 5) is 2.53. The zero-order valence-electron chi connectivity index (χ0n) is 12.6. The van der Waals surface area contributed by atoms with Gasteiger partial charge in [0.05, 0.1) is 0 Å². The number of aromatic hydroxyl groups is 1. The highest BCUT2D eigenvalue weighted by Gasteiger charge is 2.26. The number of phenolic OH excluding ortho intramolecular Hbond substituents is 1. The lowest BCUT2D eigenvalue weighted by molar-refractivity contribution is 0.0960. The number of phenols is 1. The zero-order chi connectivity index (χ0) is 14.8. The minimum atomic E-state index is 0.260. The van der Waals surface area contributed by atoms with Gasteiger partial charge in [-0.15, -0.1) is 0 Å². The van der Waals surface area contributed by atoms with Crippen LogP contribution in [0.1, 0.15) is 39.2 Å². The highest BCUT2D eigenvalue weighted by molar-refractivity contribution is 6.30. The second kappa shape index (κ2) is 6.33. The average molecular weight is 297 g/mol.